The highest BCUT2D eigenvalue weighted by molar-refractivity contribution is 6.10. The molecule has 1 amide bonds. The minimum atomic E-state index is -0.858. The molecule has 9 heteroatoms. The van der Waals surface area contributed by atoms with E-state index in [-0.39, 0.29) is 11.3 Å². The Morgan fingerprint density at radius 2 is 1.38 bits per heavy atom. The van der Waals surface area contributed by atoms with Crippen LogP contribution in [0.3, 0.4) is 0 Å². The molecule has 3 aromatic rings. The number of nitrogens with zero attached hydrogens (tertiary/aromatic N) is 2. The number of benzene rings is 3. The zero-order valence-corrected chi connectivity index (χ0v) is 14.8. The van der Waals surface area contributed by atoms with Crippen LogP contribution in [0.2, 0.25) is 0 Å². The third kappa shape index (κ3) is 4.30. The van der Waals surface area contributed by atoms with Gasteiger partial charge in [0.25, 0.3) is 17.3 Å². The number of nitrogens with one attached hydrogen (secondary N) is 1. The van der Waals surface area contributed by atoms with E-state index >= 15 is 0 Å². The maximum atomic E-state index is 12.4. The van der Waals surface area contributed by atoms with E-state index in [0.29, 0.717) is 16.8 Å². The van der Waals surface area contributed by atoms with Gasteiger partial charge in [-0.1, -0.05) is 30.3 Å². The lowest BCUT2D eigenvalue weighted by Crippen LogP contribution is -2.14. The van der Waals surface area contributed by atoms with Crippen LogP contribution in [-0.2, 0) is 0 Å². The number of amides is 1. The lowest BCUT2D eigenvalue weighted by Gasteiger charge is -2.07. The zero-order valence-electron chi connectivity index (χ0n) is 14.8. The Balaban J connectivity index is 1.80. The molecule has 0 aliphatic heterocycles. The minimum Gasteiger partial charge on any atom is -0.322 e. The summed E-state index contributed by atoms with van der Waals surface area (Å²) in [7, 11) is 0. The first-order valence-corrected chi connectivity index (χ1v) is 8.31. The molecule has 0 heterocycles. The summed E-state index contributed by atoms with van der Waals surface area (Å²) in [5, 5.41) is 24.4. The number of hydrogen-bond acceptors (Lipinski definition) is 6. The normalized spacial score (nSPS) is 10.2. The van der Waals surface area contributed by atoms with Crippen molar-refractivity contribution in [2.24, 2.45) is 0 Å². The lowest BCUT2D eigenvalue weighted by atomic mass is 10.0. The van der Waals surface area contributed by atoms with Gasteiger partial charge in [-0.05, 0) is 30.3 Å². The molecular formula is C20H13N3O6. The molecule has 3 rings (SSSR count). The summed E-state index contributed by atoms with van der Waals surface area (Å²) < 4.78 is 0. The van der Waals surface area contributed by atoms with Crippen molar-refractivity contribution in [2.75, 3.05) is 5.32 Å². The Kier molecular flexibility index (Phi) is 5.40. The predicted octanol–water partition coefficient (Wildman–Crippen LogP) is 3.99. The van der Waals surface area contributed by atoms with Crippen LogP contribution in [-0.4, -0.2) is 21.5 Å². The summed E-state index contributed by atoms with van der Waals surface area (Å²) in [6.07, 6.45) is 0. The maximum absolute atomic E-state index is 12.4. The second-order valence-corrected chi connectivity index (χ2v) is 5.94. The third-order valence-corrected chi connectivity index (χ3v) is 4.07. The second-order valence-electron chi connectivity index (χ2n) is 5.94. The standard InChI is InChI=1S/C20H13N3O6/c24-19(13-4-2-1-3-5-13)14-6-8-15(9-7-14)21-20(25)17-11-10-16(22(26)27)12-18(17)23(28)29/h1-12H,(H,21,25). The van der Waals surface area contributed by atoms with Crippen molar-refractivity contribution in [3.8, 4) is 0 Å². The largest absolute Gasteiger partial charge is 0.322 e. The molecule has 0 aliphatic carbocycles. The second kappa shape index (κ2) is 8.09. The number of non-ortho nitro benzene ring substituents is 1. The van der Waals surface area contributed by atoms with Gasteiger partial charge in [0.1, 0.15) is 5.56 Å². The van der Waals surface area contributed by atoms with Crippen molar-refractivity contribution >= 4 is 28.8 Å². The SMILES string of the molecule is O=C(c1ccccc1)c1ccc(NC(=O)c2ccc([N+](=O)[O-])cc2[N+](=O)[O-])cc1. The van der Waals surface area contributed by atoms with Gasteiger partial charge in [0.15, 0.2) is 5.78 Å². The summed E-state index contributed by atoms with van der Waals surface area (Å²) >= 11 is 0. The van der Waals surface area contributed by atoms with Crippen LogP contribution in [0.4, 0.5) is 17.1 Å². The molecule has 0 aromatic heterocycles. The average Bonchev–Trinajstić information content (AvgIpc) is 2.73. The highest BCUT2D eigenvalue weighted by Gasteiger charge is 2.24. The topological polar surface area (TPSA) is 132 Å². The molecule has 3 aromatic carbocycles. The number of hydrogen-bond donors (Lipinski definition) is 1. The van der Waals surface area contributed by atoms with Gasteiger partial charge in [0.05, 0.1) is 15.9 Å². The Hall–Kier alpha value is -4.40. The van der Waals surface area contributed by atoms with Crippen LogP contribution in [0.1, 0.15) is 26.3 Å². The van der Waals surface area contributed by atoms with Crippen LogP contribution >= 0.6 is 0 Å². The van der Waals surface area contributed by atoms with Gasteiger partial charge in [-0.25, -0.2) is 0 Å². The Morgan fingerprint density at radius 3 is 1.97 bits per heavy atom. The van der Waals surface area contributed by atoms with Gasteiger partial charge in [0, 0.05) is 22.9 Å². The smallest absolute Gasteiger partial charge is 0.289 e. The van der Waals surface area contributed by atoms with E-state index in [1.54, 1.807) is 30.3 Å². The van der Waals surface area contributed by atoms with Crippen molar-refractivity contribution in [3.63, 3.8) is 0 Å². The molecule has 9 nitrogen and oxygen atoms in total. The number of anilines is 1. The number of carbonyl (C=O) groups is 2. The molecule has 0 saturated heterocycles. The molecule has 0 atom stereocenters. The van der Waals surface area contributed by atoms with Crippen molar-refractivity contribution in [2.45, 2.75) is 0 Å². The maximum Gasteiger partial charge on any atom is 0.289 e. The first kappa shape index (κ1) is 19.4. The molecule has 0 bridgehead atoms. The minimum absolute atomic E-state index is 0.186. The third-order valence-electron chi connectivity index (χ3n) is 4.07. The molecule has 0 unspecified atom stereocenters. The Morgan fingerprint density at radius 1 is 0.759 bits per heavy atom. The van der Waals surface area contributed by atoms with E-state index in [1.807, 2.05) is 0 Å². The van der Waals surface area contributed by atoms with Crippen LogP contribution < -0.4 is 5.32 Å². The Bertz CT molecular complexity index is 1110. The van der Waals surface area contributed by atoms with Gasteiger partial charge in [-0.15, -0.1) is 0 Å². The lowest BCUT2D eigenvalue weighted by molar-refractivity contribution is -0.394. The molecule has 29 heavy (non-hydrogen) atoms. The number of ketones is 1. The molecule has 0 radical (unpaired) electrons. The number of nitro groups is 2. The van der Waals surface area contributed by atoms with Gasteiger partial charge < -0.3 is 5.32 Å². The predicted molar refractivity (Wildman–Crippen MR) is 104 cm³/mol. The van der Waals surface area contributed by atoms with Crippen LogP contribution in [0.5, 0.6) is 0 Å². The van der Waals surface area contributed by atoms with E-state index in [2.05, 4.69) is 5.32 Å². The summed E-state index contributed by atoms with van der Waals surface area (Å²) in [6.45, 7) is 0. The van der Waals surface area contributed by atoms with Crippen LogP contribution in [0.15, 0.2) is 72.8 Å². The van der Waals surface area contributed by atoms with E-state index in [4.69, 9.17) is 0 Å². The van der Waals surface area contributed by atoms with Crippen molar-refractivity contribution in [3.05, 3.63) is 110 Å². The molecule has 0 saturated carbocycles. The molecule has 0 fully saturated rings. The summed E-state index contributed by atoms with van der Waals surface area (Å²) in [5.41, 5.74) is -0.233. The van der Waals surface area contributed by atoms with Crippen molar-refractivity contribution in [1.29, 1.82) is 0 Å². The Labute approximate surface area is 163 Å². The van der Waals surface area contributed by atoms with Crippen LogP contribution in [0, 0.1) is 20.2 Å². The number of rotatable bonds is 6. The first-order chi connectivity index (χ1) is 13.9. The van der Waals surface area contributed by atoms with Crippen molar-refractivity contribution < 1.29 is 19.4 Å². The van der Waals surface area contributed by atoms with E-state index < -0.39 is 27.1 Å². The average molecular weight is 391 g/mol. The first-order valence-electron chi connectivity index (χ1n) is 8.31. The van der Waals surface area contributed by atoms with E-state index in [1.165, 1.54) is 24.3 Å². The number of carbonyl (C=O) groups excluding carboxylic acids is 2. The van der Waals surface area contributed by atoms with E-state index in [9.17, 15) is 29.8 Å². The molecule has 0 aliphatic rings. The van der Waals surface area contributed by atoms with Gasteiger partial charge in [0.2, 0.25) is 0 Å². The highest BCUT2D eigenvalue weighted by Crippen LogP contribution is 2.25. The molecular weight excluding hydrogens is 378 g/mol. The van der Waals surface area contributed by atoms with Gasteiger partial charge >= 0.3 is 0 Å². The quantitative estimate of drug-likeness (QED) is 0.384. The molecule has 144 valence electrons. The number of nitro benzene ring substituents is 2. The summed E-state index contributed by atoms with van der Waals surface area (Å²) in [6, 6.07) is 17.5. The van der Waals surface area contributed by atoms with E-state index in [0.717, 1.165) is 18.2 Å². The molecule has 0 spiro atoms. The van der Waals surface area contributed by atoms with Gasteiger partial charge in [-0.2, -0.15) is 0 Å². The summed E-state index contributed by atoms with van der Waals surface area (Å²) in [5.74, 6) is -0.983. The fourth-order valence-corrected chi connectivity index (χ4v) is 2.64. The van der Waals surface area contributed by atoms with Crippen molar-refractivity contribution in [1.82, 2.24) is 0 Å². The monoisotopic (exact) mass is 391 g/mol. The van der Waals surface area contributed by atoms with Crippen LogP contribution in [0.25, 0.3) is 0 Å². The zero-order chi connectivity index (χ0) is 21.0. The molecule has 1 N–H and O–H groups in total. The highest BCUT2D eigenvalue weighted by atomic mass is 16.6. The fourth-order valence-electron chi connectivity index (χ4n) is 2.64. The fraction of sp³-hybridized carbons (Fsp3) is 0. The summed E-state index contributed by atoms with van der Waals surface area (Å²) in [4.78, 5) is 45.1. The van der Waals surface area contributed by atoms with Gasteiger partial charge in [-0.3, -0.25) is 29.8 Å².